The summed E-state index contributed by atoms with van der Waals surface area (Å²) in [6, 6.07) is 1.33. The van der Waals surface area contributed by atoms with Crippen LogP contribution in [0.1, 0.15) is 20.3 Å². The minimum atomic E-state index is -0.720. The van der Waals surface area contributed by atoms with Gasteiger partial charge in [-0.3, -0.25) is 0 Å². The predicted molar refractivity (Wildman–Crippen MR) is 45.2 cm³/mol. The van der Waals surface area contributed by atoms with Crippen molar-refractivity contribution in [3.8, 4) is 6.07 Å². The molecule has 0 aromatic carbocycles. The number of urea groups is 1. The maximum absolute atomic E-state index is 10.2. The number of hydrogen-bond acceptors (Lipinski definition) is 3. The Kier molecular flexibility index (Phi) is 4.46. The quantitative estimate of drug-likeness (QED) is 0.476. The molecule has 0 saturated heterocycles. The van der Waals surface area contributed by atoms with Gasteiger partial charge < -0.3 is 5.73 Å². The van der Waals surface area contributed by atoms with E-state index in [1.54, 1.807) is 6.92 Å². The van der Waals surface area contributed by atoms with E-state index < -0.39 is 6.03 Å². The third-order valence-corrected chi connectivity index (χ3v) is 1.41. The van der Waals surface area contributed by atoms with E-state index in [1.165, 1.54) is 0 Å². The maximum atomic E-state index is 10.2. The molecule has 0 saturated carbocycles. The SMILES string of the molecule is CCC(C#N)/C(C)=N/NC(N)=O. The number of nitrogens with zero attached hydrogens (tertiary/aromatic N) is 2. The van der Waals surface area contributed by atoms with Crippen LogP contribution in [-0.2, 0) is 0 Å². The molecule has 1 unspecified atom stereocenters. The first-order valence-corrected chi connectivity index (χ1v) is 3.61. The number of nitrogens with two attached hydrogens (primary N) is 1. The molecule has 0 aromatic rings. The number of nitriles is 1. The highest BCUT2D eigenvalue weighted by atomic mass is 16.2. The Morgan fingerprint density at radius 3 is 2.75 bits per heavy atom. The summed E-state index contributed by atoms with van der Waals surface area (Å²) >= 11 is 0. The minimum Gasteiger partial charge on any atom is -0.350 e. The molecule has 0 fully saturated rings. The van der Waals surface area contributed by atoms with E-state index in [-0.39, 0.29) is 5.92 Å². The highest BCUT2D eigenvalue weighted by Gasteiger charge is 2.07. The van der Waals surface area contributed by atoms with Crippen molar-refractivity contribution in [2.24, 2.45) is 16.8 Å². The highest BCUT2D eigenvalue weighted by Crippen LogP contribution is 2.02. The van der Waals surface area contributed by atoms with Gasteiger partial charge in [-0.25, -0.2) is 10.2 Å². The van der Waals surface area contributed by atoms with Crippen molar-refractivity contribution in [1.82, 2.24) is 5.43 Å². The second-order valence-corrected chi connectivity index (χ2v) is 2.32. The Morgan fingerprint density at radius 1 is 1.83 bits per heavy atom. The van der Waals surface area contributed by atoms with Crippen LogP contribution in [-0.4, -0.2) is 11.7 Å². The van der Waals surface area contributed by atoms with Crippen molar-refractivity contribution in [3.63, 3.8) is 0 Å². The van der Waals surface area contributed by atoms with Gasteiger partial charge in [0.2, 0.25) is 0 Å². The summed E-state index contributed by atoms with van der Waals surface area (Å²) in [5, 5.41) is 12.2. The lowest BCUT2D eigenvalue weighted by molar-refractivity contribution is 0.249. The Labute approximate surface area is 71.2 Å². The van der Waals surface area contributed by atoms with Gasteiger partial charge in [0, 0.05) is 0 Å². The lowest BCUT2D eigenvalue weighted by Crippen LogP contribution is -2.26. The summed E-state index contributed by atoms with van der Waals surface area (Å²) in [6.07, 6.45) is 0.673. The third-order valence-electron chi connectivity index (χ3n) is 1.41. The Morgan fingerprint density at radius 2 is 2.42 bits per heavy atom. The first-order chi connectivity index (χ1) is 5.61. The first kappa shape index (κ1) is 10.4. The van der Waals surface area contributed by atoms with Crippen molar-refractivity contribution < 1.29 is 4.79 Å². The van der Waals surface area contributed by atoms with Gasteiger partial charge in [0.05, 0.1) is 17.7 Å². The fourth-order valence-electron chi connectivity index (χ4n) is 0.701. The van der Waals surface area contributed by atoms with Gasteiger partial charge in [-0.1, -0.05) is 6.92 Å². The summed E-state index contributed by atoms with van der Waals surface area (Å²) in [7, 11) is 0. The van der Waals surface area contributed by atoms with Crippen LogP contribution < -0.4 is 11.2 Å². The number of carbonyl (C=O) groups excluding carboxylic acids is 1. The van der Waals surface area contributed by atoms with Crippen LogP contribution in [0.3, 0.4) is 0 Å². The van der Waals surface area contributed by atoms with Crippen molar-refractivity contribution in [2.45, 2.75) is 20.3 Å². The molecule has 66 valence electrons. The molecule has 0 aliphatic heterocycles. The molecule has 0 bridgehead atoms. The van der Waals surface area contributed by atoms with Gasteiger partial charge >= 0.3 is 6.03 Å². The van der Waals surface area contributed by atoms with E-state index in [9.17, 15) is 4.79 Å². The van der Waals surface area contributed by atoms with Crippen molar-refractivity contribution >= 4 is 11.7 Å². The molecule has 3 N–H and O–H groups in total. The summed E-state index contributed by atoms with van der Waals surface area (Å²) in [5.74, 6) is -0.253. The predicted octanol–water partition coefficient (Wildman–Crippen LogP) is 0.580. The van der Waals surface area contributed by atoms with Gasteiger partial charge in [0.15, 0.2) is 0 Å². The van der Waals surface area contributed by atoms with Crippen molar-refractivity contribution in [3.05, 3.63) is 0 Å². The summed E-state index contributed by atoms with van der Waals surface area (Å²) in [4.78, 5) is 10.2. The molecule has 0 spiro atoms. The van der Waals surface area contributed by atoms with Crippen LogP contribution in [0.15, 0.2) is 5.10 Å². The molecule has 5 heteroatoms. The molecule has 0 heterocycles. The molecule has 0 rings (SSSR count). The van der Waals surface area contributed by atoms with Gasteiger partial charge in [-0.2, -0.15) is 10.4 Å². The fraction of sp³-hybridized carbons (Fsp3) is 0.571. The van der Waals surface area contributed by atoms with Gasteiger partial charge in [0.1, 0.15) is 0 Å². The van der Waals surface area contributed by atoms with Gasteiger partial charge in [0.25, 0.3) is 0 Å². The zero-order valence-electron chi connectivity index (χ0n) is 7.16. The number of rotatable bonds is 3. The molecular weight excluding hydrogens is 156 g/mol. The van der Waals surface area contributed by atoms with E-state index in [4.69, 9.17) is 11.0 Å². The van der Waals surface area contributed by atoms with Crippen LogP contribution in [0, 0.1) is 17.2 Å². The maximum Gasteiger partial charge on any atom is 0.332 e. The number of amides is 2. The molecule has 0 aliphatic carbocycles. The second kappa shape index (κ2) is 5.13. The standard InChI is InChI=1S/C7H12N4O/c1-3-6(4-8)5(2)10-11-7(9)12/h6H,3H2,1-2H3,(H3,9,11,12)/b10-5+. The van der Waals surface area contributed by atoms with E-state index >= 15 is 0 Å². The molecular formula is C7H12N4O. The Bertz CT molecular complexity index is 228. The normalized spacial score (nSPS) is 13.2. The second-order valence-electron chi connectivity index (χ2n) is 2.32. The van der Waals surface area contributed by atoms with Gasteiger partial charge in [-0.05, 0) is 13.3 Å². The largest absolute Gasteiger partial charge is 0.350 e. The number of carbonyl (C=O) groups is 1. The topological polar surface area (TPSA) is 91.3 Å². The summed E-state index contributed by atoms with van der Waals surface area (Å²) in [5.41, 5.74) is 7.42. The van der Waals surface area contributed by atoms with Crippen molar-refractivity contribution in [2.75, 3.05) is 0 Å². The average Bonchev–Trinajstić information content (AvgIpc) is 2.03. The van der Waals surface area contributed by atoms with Crippen LogP contribution in [0.2, 0.25) is 0 Å². The molecule has 1 atom stereocenters. The Balaban J connectivity index is 4.17. The molecule has 0 aromatic heterocycles. The highest BCUT2D eigenvalue weighted by molar-refractivity contribution is 5.87. The Hall–Kier alpha value is -1.57. The van der Waals surface area contributed by atoms with E-state index in [1.807, 2.05) is 6.92 Å². The van der Waals surface area contributed by atoms with Crippen LogP contribution in [0.25, 0.3) is 0 Å². The molecule has 12 heavy (non-hydrogen) atoms. The molecule has 0 aliphatic rings. The molecule has 0 radical (unpaired) electrons. The monoisotopic (exact) mass is 168 g/mol. The van der Waals surface area contributed by atoms with Crippen molar-refractivity contribution in [1.29, 1.82) is 5.26 Å². The number of hydrogen-bond donors (Lipinski definition) is 2. The molecule has 2 amide bonds. The number of nitrogens with one attached hydrogen (secondary N) is 1. The lowest BCUT2D eigenvalue weighted by atomic mass is 10.0. The first-order valence-electron chi connectivity index (χ1n) is 3.61. The molecule has 5 nitrogen and oxygen atoms in total. The zero-order chi connectivity index (χ0) is 9.56. The summed E-state index contributed by atoms with van der Waals surface area (Å²) in [6.45, 7) is 3.55. The summed E-state index contributed by atoms with van der Waals surface area (Å²) < 4.78 is 0. The van der Waals surface area contributed by atoms with Crippen LogP contribution in [0.4, 0.5) is 4.79 Å². The van der Waals surface area contributed by atoms with Crippen LogP contribution in [0.5, 0.6) is 0 Å². The van der Waals surface area contributed by atoms with E-state index in [0.29, 0.717) is 12.1 Å². The van der Waals surface area contributed by atoms with Gasteiger partial charge in [-0.15, -0.1) is 0 Å². The van der Waals surface area contributed by atoms with Crippen LogP contribution >= 0.6 is 0 Å². The zero-order valence-corrected chi connectivity index (χ0v) is 7.16. The number of primary amides is 1. The third kappa shape index (κ3) is 3.56. The smallest absolute Gasteiger partial charge is 0.332 e. The minimum absolute atomic E-state index is 0.253. The lowest BCUT2D eigenvalue weighted by Gasteiger charge is -2.03. The average molecular weight is 168 g/mol. The fourth-order valence-corrected chi connectivity index (χ4v) is 0.701. The van der Waals surface area contributed by atoms with E-state index in [0.717, 1.165) is 0 Å². The van der Waals surface area contributed by atoms with E-state index in [2.05, 4.69) is 16.6 Å². The number of hydrazone groups is 1.